The summed E-state index contributed by atoms with van der Waals surface area (Å²) in [5, 5.41) is 0. The minimum atomic E-state index is -4.33. The van der Waals surface area contributed by atoms with Crippen molar-refractivity contribution in [1.29, 1.82) is 0 Å². The Morgan fingerprint density at radius 2 is 1.76 bits per heavy atom. The van der Waals surface area contributed by atoms with Gasteiger partial charge in [-0.25, -0.2) is 4.99 Å². The average molecular weight is 291 g/mol. The van der Waals surface area contributed by atoms with Crippen LogP contribution >= 0.6 is 0 Å². The molecule has 3 rings (SSSR count). The number of rotatable bonds is 1. The number of nitrogens with zero attached hydrogens (tertiary/aromatic N) is 1. The molecule has 1 aliphatic heterocycles. The van der Waals surface area contributed by atoms with Gasteiger partial charge in [0, 0.05) is 0 Å². The minimum Gasteiger partial charge on any atom is -0.485 e. The first-order valence-corrected chi connectivity index (χ1v) is 6.42. The van der Waals surface area contributed by atoms with E-state index in [1.807, 2.05) is 25.1 Å². The molecule has 0 radical (unpaired) electrons. The van der Waals surface area contributed by atoms with Gasteiger partial charge in [0.05, 0.1) is 11.3 Å². The zero-order valence-electron chi connectivity index (χ0n) is 11.2. The SMILES string of the molecule is Cc1ccc2c(c1)OCC(c1ccc(C(F)(F)F)cc1)=N2. The first kappa shape index (κ1) is 13.7. The number of benzene rings is 2. The zero-order valence-corrected chi connectivity index (χ0v) is 11.2. The van der Waals surface area contributed by atoms with Gasteiger partial charge in [-0.05, 0) is 42.3 Å². The van der Waals surface area contributed by atoms with Crippen LogP contribution in [0.2, 0.25) is 0 Å². The number of aliphatic imine (C=N–C) groups is 1. The summed E-state index contributed by atoms with van der Waals surface area (Å²) in [7, 11) is 0. The summed E-state index contributed by atoms with van der Waals surface area (Å²) < 4.78 is 43.2. The molecule has 1 aliphatic rings. The van der Waals surface area contributed by atoms with Crippen LogP contribution in [-0.4, -0.2) is 12.3 Å². The largest absolute Gasteiger partial charge is 0.485 e. The molecule has 0 aliphatic carbocycles. The second-order valence-corrected chi connectivity index (χ2v) is 4.89. The van der Waals surface area contributed by atoms with Crippen LogP contribution in [0.4, 0.5) is 18.9 Å². The third-order valence-electron chi connectivity index (χ3n) is 3.28. The smallest absolute Gasteiger partial charge is 0.416 e. The van der Waals surface area contributed by atoms with E-state index >= 15 is 0 Å². The number of aryl methyl sites for hydroxylation is 1. The highest BCUT2D eigenvalue weighted by Gasteiger charge is 2.30. The van der Waals surface area contributed by atoms with Gasteiger partial charge in [-0.3, -0.25) is 0 Å². The van der Waals surface area contributed by atoms with E-state index in [9.17, 15) is 13.2 Å². The summed E-state index contributed by atoms with van der Waals surface area (Å²) in [5.74, 6) is 0.700. The van der Waals surface area contributed by atoms with Crippen molar-refractivity contribution in [3.63, 3.8) is 0 Å². The van der Waals surface area contributed by atoms with Crippen molar-refractivity contribution in [1.82, 2.24) is 0 Å². The summed E-state index contributed by atoms with van der Waals surface area (Å²) in [4.78, 5) is 4.46. The quantitative estimate of drug-likeness (QED) is 0.756. The molecule has 0 saturated heterocycles. The van der Waals surface area contributed by atoms with Gasteiger partial charge in [-0.2, -0.15) is 13.2 Å². The first-order chi connectivity index (χ1) is 9.93. The Morgan fingerprint density at radius 3 is 2.43 bits per heavy atom. The fourth-order valence-corrected chi connectivity index (χ4v) is 2.15. The fourth-order valence-electron chi connectivity index (χ4n) is 2.15. The van der Waals surface area contributed by atoms with E-state index in [1.54, 1.807) is 0 Å². The van der Waals surface area contributed by atoms with Crippen molar-refractivity contribution in [3.05, 3.63) is 59.2 Å². The predicted octanol–water partition coefficient (Wildman–Crippen LogP) is 4.53. The molecule has 0 saturated carbocycles. The normalized spacial score (nSPS) is 14.2. The summed E-state index contributed by atoms with van der Waals surface area (Å²) in [6.07, 6.45) is -4.33. The van der Waals surface area contributed by atoms with Crippen LogP contribution in [0.25, 0.3) is 0 Å². The molecule has 0 bridgehead atoms. The number of hydrogen-bond acceptors (Lipinski definition) is 2. The van der Waals surface area contributed by atoms with Crippen molar-refractivity contribution in [3.8, 4) is 5.75 Å². The van der Waals surface area contributed by atoms with Gasteiger partial charge in [0.1, 0.15) is 18.0 Å². The molecule has 2 nitrogen and oxygen atoms in total. The van der Waals surface area contributed by atoms with E-state index in [1.165, 1.54) is 12.1 Å². The van der Waals surface area contributed by atoms with Crippen LogP contribution in [0.5, 0.6) is 5.75 Å². The fraction of sp³-hybridized carbons (Fsp3) is 0.188. The van der Waals surface area contributed by atoms with Crippen LogP contribution in [0.3, 0.4) is 0 Å². The van der Waals surface area contributed by atoms with E-state index in [-0.39, 0.29) is 6.61 Å². The van der Waals surface area contributed by atoms with E-state index in [2.05, 4.69) is 4.99 Å². The third-order valence-corrected chi connectivity index (χ3v) is 3.28. The summed E-state index contributed by atoms with van der Waals surface area (Å²) in [6, 6.07) is 10.6. The van der Waals surface area contributed by atoms with Crippen LogP contribution in [-0.2, 0) is 6.18 Å². The highest BCUT2D eigenvalue weighted by molar-refractivity contribution is 6.04. The molecule has 0 aromatic heterocycles. The number of halogens is 3. The van der Waals surface area contributed by atoms with Gasteiger partial charge >= 0.3 is 6.18 Å². The van der Waals surface area contributed by atoms with Crippen LogP contribution in [0, 0.1) is 6.92 Å². The summed E-state index contributed by atoms with van der Waals surface area (Å²) >= 11 is 0. The minimum absolute atomic E-state index is 0.252. The topological polar surface area (TPSA) is 21.6 Å². The van der Waals surface area contributed by atoms with Crippen molar-refractivity contribution < 1.29 is 17.9 Å². The molecule has 1 heterocycles. The van der Waals surface area contributed by atoms with Crippen molar-refractivity contribution >= 4 is 11.4 Å². The van der Waals surface area contributed by atoms with E-state index in [4.69, 9.17) is 4.74 Å². The average Bonchev–Trinajstić information content (AvgIpc) is 2.46. The third kappa shape index (κ3) is 2.77. The van der Waals surface area contributed by atoms with Gasteiger partial charge in [0.2, 0.25) is 0 Å². The number of fused-ring (bicyclic) bond motifs is 1. The highest BCUT2D eigenvalue weighted by Crippen LogP contribution is 2.33. The monoisotopic (exact) mass is 291 g/mol. The summed E-state index contributed by atoms with van der Waals surface area (Å²) in [6.45, 7) is 2.21. The molecule has 108 valence electrons. The molecule has 0 spiro atoms. The van der Waals surface area contributed by atoms with E-state index in [0.717, 1.165) is 17.7 Å². The molecule has 0 amide bonds. The Labute approximate surface area is 119 Å². The molecule has 0 atom stereocenters. The lowest BCUT2D eigenvalue weighted by atomic mass is 10.1. The molecule has 0 fully saturated rings. The maximum absolute atomic E-state index is 12.5. The molecule has 5 heteroatoms. The van der Waals surface area contributed by atoms with Crippen LogP contribution in [0.15, 0.2) is 47.5 Å². The Morgan fingerprint density at radius 1 is 1.05 bits per heavy atom. The van der Waals surface area contributed by atoms with E-state index in [0.29, 0.717) is 22.7 Å². The lowest BCUT2D eigenvalue weighted by Crippen LogP contribution is -2.16. The van der Waals surface area contributed by atoms with Crippen molar-refractivity contribution in [2.24, 2.45) is 4.99 Å². The Bertz CT molecular complexity index is 702. The first-order valence-electron chi connectivity index (χ1n) is 6.42. The van der Waals surface area contributed by atoms with Crippen molar-refractivity contribution in [2.75, 3.05) is 6.61 Å². The van der Waals surface area contributed by atoms with Crippen LogP contribution in [0.1, 0.15) is 16.7 Å². The van der Waals surface area contributed by atoms with Gasteiger partial charge in [-0.1, -0.05) is 18.2 Å². The molecule has 0 N–H and O–H groups in total. The lowest BCUT2D eigenvalue weighted by molar-refractivity contribution is -0.137. The summed E-state index contributed by atoms with van der Waals surface area (Å²) in [5.41, 5.74) is 2.36. The molecular formula is C16H12F3NO. The molecule has 0 unspecified atom stereocenters. The standard InChI is InChI=1S/C16H12F3NO/c1-10-2-7-13-15(8-10)21-9-14(20-13)11-3-5-12(6-4-11)16(17,18)19/h2-8H,9H2,1H3. The zero-order chi connectivity index (χ0) is 15.0. The number of hydrogen-bond donors (Lipinski definition) is 0. The number of ether oxygens (including phenoxy) is 1. The van der Waals surface area contributed by atoms with Crippen molar-refractivity contribution in [2.45, 2.75) is 13.1 Å². The van der Waals surface area contributed by atoms with Gasteiger partial charge in [-0.15, -0.1) is 0 Å². The molecule has 21 heavy (non-hydrogen) atoms. The molecule has 2 aromatic carbocycles. The Balaban J connectivity index is 1.93. The maximum Gasteiger partial charge on any atom is 0.416 e. The van der Waals surface area contributed by atoms with E-state index < -0.39 is 11.7 Å². The van der Waals surface area contributed by atoms with Crippen LogP contribution < -0.4 is 4.74 Å². The van der Waals surface area contributed by atoms with Gasteiger partial charge < -0.3 is 4.74 Å². The number of alkyl halides is 3. The maximum atomic E-state index is 12.5. The van der Waals surface area contributed by atoms with Gasteiger partial charge in [0.15, 0.2) is 0 Å². The highest BCUT2D eigenvalue weighted by atomic mass is 19.4. The molecule has 2 aromatic rings. The Kier molecular flexibility index (Phi) is 3.20. The second-order valence-electron chi connectivity index (χ2n) is 4.89. The second kappa shape index (κ2) is 4.91. The Hall–Kier alpha value is -2.30. The predicted molar refractivity (Wildman–Crippen MR) is 74.3 cm³/mol. The molecular weight excluding hydrogens is 279 g/mol. The van der Waals surface area contributed by atoms with Gasteiger partial charge in [0.25, 0.3) is 0 Å². The lowest BCUT2D eigenvalue weighted by Gasteiger charge is -2.18.